The summed E-state index contributed by atoms with van der Waals surface area (Å²) in [4.78, 5) is 51.1. The fourth-order valence-corrected chi connectivity index (χ4v) is 14.4. The molecule has 19 unspecified atom stereocenters. The van der Waals surface area contributed by atoms with Gasteiger partial charge in [0.2, 0.25) is 0 Å². The number of hydrogen-bond acceptors (Lipinski definition) is 23. The minimum atomic E-state index is -5.70. The molecular formula is C75H141O24P. The van der Waals surface area contributed by atoms with Crippen LogP contribution in [-0.2, 0) is 61.2 Å². The second kappa shape index (κ2) is 56.3. The third-order valence-electron chi connectivity index (χ3n) is 20.0. The van der Waals surface area contributed by atoms with Crippen LogP contribution in [0.3, 0.4) is 0 Å². The highest BCUT2D eigenvalue weighted by Crippen LogP contribution is 2.49. The van der Waals surface area contributed by atoms with Gasteiger partial charge in [-0.3, -0.25) is 23.4 Å². The predicted octanol–water partition coefficient (Wildman–Crippen LogP) is 11.6. The van der Waals surface area contributed by atoms with Gasteiger partial charge in [0.15, 0.2) is 18.7 Å². The van der Waals surface area contributed by atoms with Crippen molar-refractivity contribution < 1.29 is 117 Å². The molecule has 19 atom stereocenters. The Morgan fingerprint density at radius 1 is 0.380 bits per heavy atom. The second-order valence-electron chi connectivity index (χ2n) is 29.1. The van der Waals surface area contributed by atoms with Gasteiger partial charge in [0.25, 0.3) is 0 Å². The summed E-state index contributed by atoms with van der Waals surface area (Å²) in [6.07, 6.45) is 13.0. The molecule has 0 bridgehead atoms. The summed E-state index contributed by atoms with van der Waals surface area (Å²) in [6.45, 7) is 5.82. The predicted molar refractivity (Wildman–Crippen MR) is 379 cm³/mol. The Labute approximate surface area is 600 Å². The Bertz CT molecular complexity index is 2080. The van der Waals surface area contributed by atoms with Crippen LogP contribution in [-0.4, -0.2) is 204 Å². The van der Waals surface area contributed by atoms with E-state index in [4.69, 9.17) is 42.2 Å². The molecule has 0 spiro atoms. The van der Waals surface area contributed by atoms with Gasteiger partial charge in [-0.2, -0.15) is 0 Å². The number of carbonyl (C=O) groups is 3. The topological polar surface area (TPSA) is 374 Å². The number of carbonyl (C=O) groups excluding carboxylic acids is 3. The van der Waals surface area contributed by atoms with Gasteiger partial charge in [-0.25, -0.2) is 4.57 Å². The third-order valence-corrected chi connectivity index (χ3v) is 21.0. The first-order valence-electron chi connectivity index (χ1n) is 39.7. The molecule has 0 aromatic carbocycles. The molecule has 3 rings (SSSR count). The average Bonchev–Trinajstić information content (AvgIpc) is 0.764. The van der Waals surface area contributed by atoms with Crippen molar-refractivity contribution in [3.05, 3.63) is 0 Å². The maximum absolute atomic E-state index is 14.4. The van der Waals surface area contributed by atoms with Crippen molar-refractivity contribution in [1.82, 2.24) is 0 Å². The van der Waals surface area contributed by atoms with Gasteiger partial charge >= 0.3 is 25.7 Å². The molecule has 0 aromatic rings. The molecule has 25 heteroatoms. The van der Waals surface area contributed by atoms with E-state index in [1.807, 2.05) is 0 Å². The molecule has 2 saturated heterocycles. The number of unbranched alkanes of at least 4 members (excludes halogenated alkanes) is 37. The molecule has 2 heterocycles. The van der Waals surface area contributed by atoms with Crippen molar-refractivity contribution >= 4 is 25.7 Å². The molecule has 3 aliphatic rings. The first kappa shape index (κ1) is 92.2. The van der Waals surface area contributed by atoms with Crippen molar-refractivity contribution in [2.24, 2.45) is 5.92 Å². The summed E-state index contributed by atoms with van der Waals surface area (Å²) >= 11 is 0. The number of esters is 3. The summed E-state index contributed by atoms with van der Waals surface area (Å²) in [5.74, 6) is -1.27. The van der Waals surface area contributed by atoms with Crippen molar-refractivity contribution in [3.8, 4) is 0 Å². The van der Waals surface area contributed by atoms with Gasteiger partial charge in [-0.1, -0.05) is 285 Å². The number of aliphatic hydroxyl groups excluding tert-OH is 10. The normalized spacial score (nSPS) is 27.6. The Morgan fingerprint density at radius 3 is 1.08 bits per heavy atom. The third kappa shape index (κ3) is 39.0. The first-order valence-corrected chi connectivity index (χ1v) is 41.2. The Hall–Kier alpha value is -2.04. The molecule has 2 aliphatic heterocycles. The van der Waals surface area contributed by atoms with Crippen LogP contribution < -0.4 is 0 Å². The number of aliphatic hydroxyl groups is 10. The molecule has 0 aromatic heterocycles. The maximum Gasteiger partial charge on any atom is 0.472 e. The molecular weight excluding hydrogens is 1320 g/mol. The van der Waals surface area contributed by atoms with Crippen molar-refractivity contribution in [2.75, 3.05) is 26.4 Å². The van der Waals surface area contributed by atoms with Crippen molar-refractivity contribution in [1.29, 1.82) is 0 Å². The summed E-state index contributed by atoms with van der Waals surface area (Å²) in [5.41, 5.74) is 0. The monoisotopic (exact) mass is 1460 g/mol. The van der Waals surface area contributed by atoms with Crippen molar-refractivity contribution in [3.63, 3.8) is 0 Å². The largest absolute Gasteiger partial charge is 0.472 e. The molecule has 100 heavy (non-hydrogen) atoms. The van der Waals surface area contributed by atoms with Crippen LogP contribution in [0.5, 0.6) is 0 Å². The minimum absolute atomic E-state index is 0.0336. The Kier molecular flexibility index (Phi) is 51.9. The Balaban J connectivity index is 1.72. The zero-order valence-corrected chi connectivity index (χ0v) is 62.8. The number of rotatable bonds is 62. The standard InChI is InChI=1S/C75H141O24P/c1-5-8-11-14-17-19-21-23-25-27-28-30-32-38-44-49-60(78)92-54-58-63(81)65(83)70(88)75(96-58)98-72-68(86)66(84)67(85)71(97-74-69(87)64(82)62(80)57(51-76)95-74)73(72)99-100(89,90)93-53-56(94-61(79)50-45-40-33-31-29-26-24-22-20-18-15-12-9-6-2)52-91-59(77)48-43-39-35-34-37-42-47-55(4)46-41-36-16-13-10-7-3/h55-58,62-76,80-88H,5-54H2,1-4H3,(H,89,90). The van der Waals surface area contributed by atoms with Crippen LogP contribution in [0.4, 0.5) is 0 Å². The lowest BCUT2D eigenvalue weighted by molar-refractivity contribution is -0.360. The lowest BCUT2D eigenvalue weighted by Crippen LogP contribution is -2.69. The molecule has 0 amide bonds. The lowest BCUT2D eigenvalue weighted by atomic mass is 9.84. The quantitative estimate of drug-likeness (QED) is 0.0117. The summed E-state index contributed by atoms with van der Waals surface area (Å²) < 4.78 is 65.2. The van der Waals surface area contributed by atoms with E-state index in [0.717, 1.165) is 96.3 Å². The van der Waals surface area contributed by atoms with Gasteiger partial charge < -0.3 is 89.1 Å². The van der Waals surface area contributed by atoms with E-state index in [9.17, 15) is 74.9 Å². The van der Waals surface area contributed by atoms with Crippen LogP contribution in [0.2, 0.25) is 0 Å². The molecule has 1 saturated carbocycles. The fourth-order valence-electron chi connectivity index (χ4n) is 13.5. The van der Waals surface area contributed by atoms with Crippen LogP contribution in [0.15, 0.2) is 0 Å². The van der Waals surface area contributed by atoms with Crippen LogP contribution in [0.25, 0.3) is 0 Å². The molecule has 3 fully saturated rings. The van der Waals surface area contributed by atoms with Gasteiger partial charge in [-0.15, -0.1) is 0 Å². The fraction of sp³-hybridized carbons (Fsp3) is 0.960. The minimum Gasteiger partial charge on any atom is -0.463 e. The highest BCUT2D eigenvalue weighted by molar-refractivity contribution is 7.47. The van der Waals surface area contributed by atoms with E-state index in [2.05, 4.69) is 27.7 Å². The molecule has 1 aliphatic carbocycles. The molecule has 24 nitrogen and oxygen atoms in total. The molecule has 590 valence electrons. The number of hydrogen-bond donors (Lipinski definition) is 11. The van der Waals surface area contributed by atoms with E-state index in [1.54, 1.807) is 0 Å². The van der Waals surface area contributed by atoms with E-state index >= 15 is 0 Å². The molecule has 0 radical (unpaired) electrons. The van der Waals surface area contributed by atoms with Crippen LogP contribution in [0, 0.1) is 5.92 Å². The zero-order valence-electron chi connectivity index (χ0n) is 61.9. The van der Waals surface area contributed by atoms with E-state index in [0.29, 0.717) is 25.2 Å². The Morgan fingerprint density at radius 2 is 0.700 bits per heavy atom. The van der Waals surface area contributed by atoms with Crippen molar-refractivity contribution in [2.45, 2.75) is 427 Å². The first-order chi connectivity index (χ1) is 48.2. The average molecular weight is 1460 g/mol. The number of phosphoric acid groups is 1. The number of ether oxygens (including phenoxy) is 7. The van der Waals surface area contributed by atoms with Crippen LogP contribution >= 0.6 is 7.82 Å². The highest BCUT2D eigenvalue weighted by atomic mass is 31.2. The van der Waals surface area contributed by atoms with E-state index in [1.165, 1.54) is 161 Å². The van der Waals surface area contributed by atoms with Gasteiger partial charge in [-0.05, 0) is 25.2 Å². The van der Waals surface area contributed by atoms with E-state index in [-0.39, 0.29) is 19.3 Å². The van der Waals surface area contributed by atoms with Gasteiger partial charge in [0.1, 0.15) is 98.7 Å². The molecule has 11 N–H and O–H groups in total. The second-order valence-corrected chi connectivity index (χ2v) is 30.5. The van der Waals surface area contributed by atoms with Gasteiger partial charge in [0, 0.05) is 19.3 Å². The summed E-state index contributed by atoms with van der Waals surface area (Å²) in [5, 5.41) is 110. The summed E-state index contributed by atoms with van der Waals surface area (Å²) in [6, 6.07) is 0. The smallest absolute Gasteiger partial charge is 0.463 e. The highest BCUT2D eigenvalue weighted by Gasteiger charge is 2.58. The SMILES string of the molecule is CCCCCCCCCCCCCCCCCC(=O)OCC1OC(OC2C(O)C(O)C(O)C(OC3OC(CO)C(O)C(O)C3O)C2OP(=O)(O)OCC(COC(=O)CCCCCCCCC(C)CCCCCCCC)OC(=O)CCCCCCCCCCCCCCCC)C(O)C(O)C1O. The lowest BCUT2D eigenvalue weighted by Gasteiger charge is -2.49. The zero-order chi connectivity index (χ0) is 73.3. The van der Waals surface area contributed by atoms with E-state index < -0.39 is 156 Å². The van der Waals surface area contributed by atoms with Crippen LogP contribution in [0.1, 0.15) is 323 Å². The summed E-state index contributed by atoms with van der Waals surface area (Å²) in [7, 11) is -5.70. The van der Waals surface area contributed by atoms with Gasteiger partial charge in [0.05, 0.1) is 13.2 Å². The maximum atomic E-state index is 14.4. The number of phosphoric ester groups is 1.